The Morgan fingerprint density at radius 1 is 1.16 bits per heavy atom. The number of benzene rings is 2. The molecule has 2 heteroatoms. The van der Waals surface area contributed by atoms with Crippen molar-refractivity contribution >= 4 is 11.6 Å². The molecule has 1 aliphatic carbocycles. The van der Waals surface area contributed by atoms with Gasteiger partial charge in [0.25, 0.3) is 0 Å². The van der Waals surface area contributed by atoms with Gasteiger partial charge in [0, 0.05) is 11.1 Å². The van der Waals surface area contributed by atoms with Crippen molar-refractivity contribution in [2.45, 2.75) is 24.8 Å². The first-order valence-electron chi connectivity index (χ1n) is 6.78. The largest absolute Gasteiger partial charge is 0.313 e. The van der Waals surface area contributed by atoms with Gasteiger partial charge in [-0.25, -0.2) is 0 Å². The first-order chi connectivity index (χ1) is 9.28. The van der Waals surface area contributed by atoms with Crippen molar-refractivity contribution in [2.75, 3.05) is 7.05 Å². The lowest BCUT2D eigenvalue weighted by Gasteiger charge is -2.33. The van der Waals surface area contributed by atoms with Gasteiger partial charge in [-0.3, -0.25) is 0 Å². The van der Waals surface area contributed by atoms with Crippen molar-refractivity contribution in [1.82, 2.24) is 5.32 Å². The van der Waals surface area contributed by atoms with Crippen LogP contribution < -0.4 is 5.32 Å². The van der Waals surface area contributed by atoms with E-state index in [1.165, 1.54) is 23.1 Å². The van der Waals surface area contributed by atoms with Crippen molar-refractivity contribution in [2.24, 2.45) is 0 Å². The SMILES string of the molecule is CNC(CC1Cc2ccccc21)c1ccc(Cl)cc1. The summed E-state index contributed by atoms with van der Waals surface area (Å²) in [5.41, 5.74) is 4.35. The Morgan fingerprint density at radius 2 is 1.89 bits per heavy atom. The van der Waals surface area contributed by atoms with Gasteiger partial charge in [-0.2, -0.15) is 0 Å². The van der Waals surface area contributed by atoms with Gasteiger partial charge < -0.3 is 5.32 Å². The highest BCUT2D eigenvalue weighted by Crippen LogP contribution is 2.40. The Labute approximate surface area is 119 Å². The van der Waals surface area contributed by atoms with E-state index in [4.69, 9.17) is 11.6 Å². The highest BCUT2D eigenvalue weighted by molar-refractivity contribution is 6.30. The summed E-state index contributed by atoms with van der Waals surface area (Å²) in [7, 11) is 2.03. The summed E-state index contributed by atoms with van der Waals surface area (Å²) >= 11 is 5.95. The summed E-state index contributed by atoms with van der Waals surface area (Å²) < 4.78 is 0. The van der Waals surface area contributed by atoms with E-state index >= 15 is 0 Å². The van der Waals surface area contributed by atoms with Gasteiger partial charge in [0.1, 0.15) is 0 Å². The van der Waals surface area contributed by atoms with Crippen LogP contribution in [0.5, 0.6) is 0 Å². The molecule has 0 aliphatic heterocycles. The first kappa shape index (κ1) is 12.7. The van der Waals surface area contributed by atoms with Gasteiger partial charge in [-0.05, 0) is 54.6 Å². The molecule has 0 fully saturated rings. The van der Waals surface area contributed by atoms with Crippen LogP contribution in [0, 0.1) is 0 Å². The van der Waals surface area contributed by atoms with Crippen LogP contribution in [0.3, 0.4) is 0 Å². The topological polar surface area (TPSA) is 12.0 Å². The van der Waals surface area contributed by atoms with Crippen LogP contribution in [0.2, 0.25) is 5.02 Å². The Balaban J connectivity index is 1.73. The Kier molecular flexibility index (Phi) is 3.58. The van der Waals surface area contributed by atoms with E-state index in [-0.39, 0.29) is 0 Å². The predicted molar refractivity (Wildman–Crippen MR) is 80.8 cm³/mol. The fourth-order valence-corrected chi connectivity index (χ4v) is 3.10. The second kappa shape index (κ2) is 5.36. The molecule has 0 heterocycles. The second-order valence-electron chi connectivity index (χ2n) is 5.23. The Morgan fingerprint density at radius 3 is 2.58 bits per heavy atom. The van der Waals surface area contributed by atoms with Crippen molar-refractivity contribution in [3.05, 3.63) is 70.2 Å². The number of hydrogen-bond donors (Lipinski definition) is 1. The number of hydrogen-bond acceptors (Lipinski definition) is 1. The molecule has 0 bridgehead atoms. The van der Waals surface area contributed by atoms with E-state index in [0.717, 1.165) is 11.4 Å². The molecule has 1 aliphatic rings. The fourth-order valence-electron chi connectivity index (χ4n) is 2.97. The average Bonchev–Trinajstić information content (AvgIpc) is 2.42. The maximum absolute atomic E-state index is 5.95. The van der Waals surface area contributed by atoms with Crippen LogP contribution in [0.4, 0.5) is 0 Å². The molecule has 0 spiro atoms. The van der Waals surface area contributed by atoms with Crippen LogP contribution in [0.25, 0.3) is 0 Å². The highest BCUT2D eigenvalue weighted by atomic mass is 35.5. The fraction of sp³-hybridized carbons (Fsp3) is 0.294. The van der Waals surface area contributed by atoms with E-state index in [2.05, 4.69) is 41.7 Å². The Bertz CT molecular complexity index is 562. The van der Waals surface area contributed by atoms with Crippen LogP contribution in [-0.2, 0) is 6.42 Å². The van der Waals surface area contributed by atoms with Gasteiger partial charge in [0.15, 0.2) is 0 Å². The van der Waals surface area contributed by atoms with Gasteiger partial charge in [-0.1, -0.05) is 48.0 Å². The van der Waals surface area contributed by atoms with Crippen LogP contribution in [0.15, 0.2) is 48.5 Å². The monoisotopic (exact) mass is 271 g/mol. The van der Waals surface area contributed by atoms with E-state index in [1.807, 2.05) is 19.2 Å². The number of nitrogens with one attached hydrogen (secondary N) is 1. The third kappa shape index (κ3) is 2.54. The standard InChI is InChI=1S/C17H18ClN/c1-19-17(12-6-8-15(18)9-7-12)11-14-10-13-4-2-3-5-16(13)14/h2-9,14,17,19H,10-11H2,1H3. The molecule has 3 rings (SSSR count). The van der Waals surface area contributed by atoms with E-state index in [9.17, 15) is 0 Å². The molecule has 1 nitrogen and oxygen atoms in total. The third-order valence-corrected chi connectivity index (χ3v) is 4.35. The molecule has 0 aromatic heterocycles. The van der Waals surface area contributed by atoms with Gasteiger partial charge >= 0.3 is 0 Å². The summed E-state index contributed by atoms with van der Waals surface area (Å²) in [4.78, 5) is 0. The lowest BCUT2D eigenvalue weighted by molar-refractivity contribution is 0.452. The van der Waals surface area contributed by atoms with Crippen molar-refractivity contribution in [1.29, 1.82) is 0 Å². The minimum absolute atomic E-state index is 0.399. The first-order valence-corrected chi connectivity index (χ1v) is 7.16. The number of fused-ring (bicyclic) bond motifs is 1. The van der Waals surface area contributed by atoms with Crippen molar-refractivity contribution in [3.63, 3.8) is 0 Å². The molecule has 19 heavy (non-hydrogen) atoms. The second-order valence-corrected chi connectivity index (χ2v) is 5.66. The van der Waals surface area contributed by atoms with Gasteiger partial charge in [-0.15, -0.1) is 0 Å². The smallest absolute Gasteiger partial charge is 0.0406 e. The zero-order valence-electron chi connectivity index (χ0n) is 11.1. The van der Waals surface area contributed by atoms with Crippen LogP contribution >= 0.6 is 11.6 Å². The van der Waals surface area contributed by atoms with Gasteiger partial charge in [0.2, 0.25) is 0 Å². The van der Waals surface area contributed by atoms with E-state index in [0.29, 0.717) is 12.0 Å². The zero-order chi connectivity index (χ0) is 13.2. The molecule has 98 valence electrons. The minimum atomic E-state index is 0.399. The third-order valence-electron chi connectivity index (χ3n) is 4.10. The van der Waals surface area contributed by atoms with Crippen LogP contribution in [0.1, 0.15) is 35.1 Å². The molecule has 2 atom stereocenters. The predicted octanol–water partition coefficient (Wildman–Crippen LogP) is 4.33. The van der Waals surface area contributed by atoms with Crippen molar-refractivity contribution < 1.29 is 0 Å². The van der Waals surface area contributed by atoms with E-state index in [1.54, 1.807) is 0 Å². The minimum Gasteiger partial charge on any atom is -0.313 e. The molecule has 2 unspecified atom stereocenters. The average molecular weight is 272 g/mol. The van der Waals surface area contributed by atoms with E-state index < -0.39 is 0 Å². The lowest BCUT2D eigenvalue weighted by Crippen LogP contribution is -2.24. The molecule has 0 radical (unpaired) electrons. The molecule has 0 saturated carbocycles. The quantitative estimate of drug-likeness (QED) is 0.873. The molecule has 1 N–H and O–H groups in total. The van der Waals surface area contributed by atoms with Gasteiger partial charge in [0.05, 0.1) is 0 Å². The maximum Gasteiger partial charge on any atom is 0.0406 e. The molecular formula is C17H18ClN. The molecule has 0 saturated heterocycles. The van der Waals surface area contributed by atoms with Crippen molar-refractivity contribution in [3.8, 4) is 0 Å². The summed E-state index contributed by atoms with van der Waals surface area (Å²) in [5, 5.41) is 4.22. The molecule has 2 aromatic rings. The highest BCUT2D eigenvalue weighted by Gasteiger charge is 2.27. The normalized spacial score (nSPS) is 18.5. The Hall–Kier alpha value is -1.31. The molecular weight excluding hydrogens is 254 g/mol. The lowest BCUT2D eigenvalue weighted by atomic mass is 9.74. The summed E-state index contributed by atoms with van der Waals surface area (Å²) in [6, 6.07) is 17.3. The summed E-state index contributed by atoms with van der Waals surface area (Å²) in [5.74, 6) is 0.685. The maximum atomic E-state index is 5.95. The summed E-state index contributed by atoms with van der Waals surface area (Å²) in [6.07, 6.45) is 2.36. The zero-order valence-corrected chi connectivity index (χ0v) is 11.8. The number of rotatable bonds is 4. The molecule has 0 amide bonds. The summed E-state index contributed by atoms with van der Waals surface area (Å²) in [6.45, 7) is 0. The molecule has 2 aromatic carbocycles. The number of halogens is 1. The van der Waals surface area contributed by atoms with Crippen LogP contribution in [-0.4, -0.2) is 7.05 Å².